The molecule has 0 aromatic heterocycles. The van der Waals surface area contributed by atoms with E-state index in [9.17, 15) is 10.2 Å². The van der Waals surface area contributed by atoms with E-state index >= 15 is 0 Å². The second kappa shape index (κ2) is 6.32. The fourth-order valence-electron chi connectivity index (χ4n) is 1.22. The SMILES string of the molecule is CC(C)NC[C@@H](O)COc1ccc(O)c(O)c1. The maximum absolute atomic E-state index is 9.58. The number of hydrogen-bond acceptors (Lipinski definition) is 5. The molecule has 0 amide bonds. The molecule has 1 aromatic rings. The molecule has 0 unspecified atom stereocenters. The van der Waals surface area contributed by atoms with E-state index in [1.54, 1.807) is 0 Å². The third-order valence-corrected chi connectivity index (χ3v) is 2.15. The fraction of sp³-hybridized carbons (Fsp3) is 0.500. The van der Waals surface area contributed by atoms with E-state index in [1.165, 1.54) is 18.2 Å². The first kappa shape index (κ1) is 13.6. The Bertz CT molecular complexity index is 354. The summed E-state index contributed by atoms with van der Waals surface area (Å²) in [6, 6.07) is 4.47. The molecule has 5 nitrogen and oxygen atoms in total. The third kappa shape index (κ3) is 4.93. The maximum Gasteiger partial charge on any atom is 0.161 e. The summed E-state index contributed by atoms with van der Waals surface area (Å²) >= 11 is 0. The largest absolute Gasteiger partial charge is 0.504 e. The van der Waals surface area contributed by atoms with Crippen LogP contribution in [-0.4, -0.2) is 40.6 Å². The van der Waals surface area contributed by atoms with Crippen LogP contribution < -0.4 is 10.1 Å². The number of aliphatic hydroxyl groups excluding tert-OH is 1. The number of nitrogens with one attached hydrogen (secondary N) is 1. The number of hydrogen-bond donors (Lipinski definition) is 4. The molecule has 4 N–H and O–H groups in total. The van der Waals surface area contributed by atoms with Crippen molar-refractivity contribution in [3.05, 3.63) is 18.2 Å². The minimum absolute atomic E-state index is 0.129. The summed E-state index contributed by atoms with van der Waals surface area (Å²) in [6.07, 6.45) is -0.617. The molecule has 0 saturated heterocycles. The van der Waals surface area contributed by atoms with E-state index in [2.05, 4.69) is 5.32 Å². The maximum atomic E-state index is 9.58. The first-order valence-corrected chi connectivity index (χ1v) is 5.55. The van der Waals surface area contributed by atoms with Crippen LogP contribution in [0.4, 0.5) is 0 Å². The van der Waals surface area contributed by atoms with Gasteiger partial charge in [-0.1, -0.05) is 13.8 Å². The molecule has 0 aliphatic heterocycles. The van der Waals surface area contributed by atoms with E-state index in [-0.39, 0.29) is 18.1 Å². The molecule has 0 heterocycles. The van der Waals surface area contributed by atoms with E-state index in [1.807, 2.05) is 13.8 Å². The van der Waals surface area contributed by atoms with Gasteiger partial charge in [0.25, 0.3) is 0 Å². The van der Waals surface area contributed by atoms with E-state index in [0.29, 0.717) is 18.3 Å². The Morgan fingerprint density at radius 1 is 1.24 bits per heavy atom. The Labute approximate surface area is 101 Å². The lowest BCUT2D eigenvalue weighted by Crippen LogP contribution is -2.35. The van der Waals surface area contributed by atoms with Crippen molar-refractivity contribution in [2.75, 3.05) is 13.2 Å². The lowest BCUT2D eigenvalue weighted by Gasteiger charge is -2.15. The van der Waals surface area contributed by atoms with Crippen molar-refractivity contribution in [1.82, 2.24) is 5.32 Å². The van der Waals surface area contributed by atoms with Crippen LogP contribution in [0.25, 0.3) is 0 Å². The van der Waals surface area contributed by atoms with Gasteiger partial charge in [0.15, 0.2) is 11.5 Å². The summed E-state index contributed by atoms with van der Waals surface area (Å²) in [5, 5.41) is 31.0. The summed E-state index contributed by atoms with van der Waals surface area (Å²) in [5.74, 6) is -0.0273. The lowest BCUT2D eigenvalue weighted by molar-refractivity contribution is 0.104. The van der Waals surface area contributed by atoms with Gasteiger partial charge in [-0.15, -0.1) is 0 Å². The minimum atomic E-state index is -0.617. The summed E-state index contributed by atoms with van der Waals surface area (Å²) in [7, 11) is 0. The van der Waals surface area contributed by atoms with Crippen LogP contribution >= 0.6 is 0 Å². The van der Waals surface area contributed by atoms with Gasteiger partial charge in [0, 0.05) is 18.7 Å². The molecule has 0 spiro atoms. The van der Waals surface area contributed by atoms with Crippen LogP contribution in [-0.2, 0) is 0 Å². The molecule has 0 fully saturated rings. The average molecular weight is 241 g/mol. The molecule has 1 rings (SSSR count). The topological polar surface area (TPSA) is 82.0 Å². The number of aromatic hydroxyl groups is 2. The number of benzene rings is 1. The molecule has 0 aliphatic rings. The zero-order valence-corrected chi connectivity index (χ0v) is 10.1. The molecular formula is C12H19NO4. The van der Waals surface area contributed by atoms with Gasteiger partial charge in [-0.25, -0.2) is 0 Å². The number of phenolic OH excluding ortho intramolecular Hbond substituents is 2. The van der Waals surface area contributed by atoms with E-state index in [4.69, 9.17) is 9.84 Å². The summed E-state index contributed by atoms with van der Waals surface area (Å²) in [5.41, 5.74) is 0. The summed E-state index contributed by atoms with van der Waals surface area (Å²) < 4.78 is 5.27. The van der Waals surface area contributed by atoms with Crippen LogP contribution in [0, 0.1) is 0 Å². The predicted octanol–water partition coefficient (Wildman–Crippen LogP) is 0.835. The quantitative estimate of drug-likeness (QED) is 0.555. The zero-order valence-electron chi connectivity index (χ0n) is 10.1. The Kier molecular flexibility index (Phi) is 5.06. The average Bonchev–Trinajstić information content (AvgIpc) is 2.28. The van der Waals surface area contributed by atoms with Crippen molar-refractivity contribution in [3.63, 3.8) is 0 Å². The van der Waals surface area contributed by atoms with Gasteiger partial charge in [-0.05, 0) is 12.1 Å². The molecule has 5 heteroatoms. The van der Waals surface area contributed by atoms with Crippen LogP contribution in [0.3, 0.4) is 0 Å². The van der Waals surface area contributed by atoms with E-state index in [0.717, 1.165) is 0 Å². The zero-order chi connectivity index (χ0) is 12.8. The first-order chi connectivity index (χ1) is 7.99. The minimum Gasteiger partial charge on any atom is -0.504 e. The Morgan fingerprint density at radius 3 is 2.53 bits per heavy atom. The van der Waals surface area contributed by atoms with Crippen molar-refractivity contribution in [2.45, 2.75) is 26.0 Å². The summed E-state index contributed by atoms with van der Waals surface area (Å²) in [6.45, 7) is 4.56. The van der Waals surface area contributed by atoms with Crippen LogP contribution in [0.2, 0.25) is 0 Å². The second-order valence-electron chi connectivity index (χ2n) is 4.18. The van der Waals surface area contributed by atoms with Crippen LogP contribution in [0.5, 0.6) is 17.2 Å². The lowest BCUT2D eigenvalue weighted by atomic mass is 10.3. The Hall–Kier alpha value is -1.46. The highest BCUT2D eigenvalue weighted by molar-refractivity contribution is 5.43. The molecule has 1 aromatic carbocycles. The Morgan fingerprint density at radius 2 is 1.94 bits per heavy atom. The van der Waals surface area contributed by atoms with Gasteiger partial charge in [0.1, 0.15) is 18.5 Å². The van der Waals surface area contributed by atoms with Crippen molar-refractivity contribution in [3.8, 4) is 17.2 Å². The highest BCUT2D eigenvalue weighted by Crippen LogP contribution is 2.28. The van der Waals surface area contributed by atoms with Gasteiger partial charge in [0.05, 0.1) is 0 Å². The van der Waals surface area contributed by atoms with Gasteiger partial charge in [0.2, 0.25) is 0 Å². The number of aliphatic hydroxyl groups is 1. The van der Waals surface area contributed by atoms with E-state index < -0.39 is 6.10 Å². The molecular weight excluding hydrogens is 222 g/mol. The van der Waals surface area contributed by atoms with Crippen molar-refractivity contribution in [1.29, 1.82) is 0 Å². The molecule has 1 atom stereocenters. The second-order valence-corrected chi connectivity index (χ2v) is 4.18. The van der Waals surface area contributed by atoms with Crippen molar-refractivity contribution >= 4 is 0 Å². The fourth-order valence-corrected chi connectivity index (χ4v) is 1.22. The monoisotopic (exact) mass is 241 g/mol. The highest BCUT2D eigenvalue weighted by atomic mass is 16.5. The van der Waals surface area contributed by atoms with Gasteiger partial charge in [-0.2, -0.15) is 0 Å². The van der Waals surface area contributed by atoms with Crippen LogP contribution in [0.15, 0.2) is 18.2 Å². The molecule has 0 aliphatic carbocycles. The smallest absolute Gasteiger partial charge is 0.161 e. The standard InChI is InChI=1S/C12H19NO4/c1-8(2)13-6-9(14)7-17-10-3-4-11(15)12(16)5-10/h3-5,8-9,13-16H,6-7H2,1-2H3/t9-/m1/s1. The molecule has 0 radical (unpaired) electrons. The molecule has 96 valence electrons. The first-order valence-electron chi connectivity index (χ1n) is 5.55. The van der Waals surface area contributed by atoms with Gasteiger partial charge in [-0.3, -0.25) is 0 Å². The number of phenols is 2. The molecule has 17 heavy (non-hydrogen) atoms. The van der Waals surface area contributed by atoms with Gasteiger partial charge < -0.3 is 25.4 Å². The molecule has 0 bridgehead atoms. The predicted molar refractivity (Wildman–Crippen MR) is 64.4 cm³/mol. The highest BCUT2D eigenvalue weighted by Gasteiger charge is 2.07. The van der Waals surface area contributed by atoms with Crippen LogP contribution in [0.1, 0.15) is 13.8 Å². The third-order valence-electron chi connectivity index (χ3n) is 2.15. The normalized spacial score (nSPS) is 12.7. The van der Waals surface area contributed by atoms with Crippen molar-refractivity contribution < 1.29 is 20.1 Å². The summed E-state index contributed by atoms with van der Waals surface area (Å²) in [4.78, 5) is 0. The number of rotatable bonds is 6. The Balaban J connectivity index is 2.36. The van der Waals surface area contributed by atoms with Crippen molar-refractivity contribution in [2.24, 2.45) is 0 Å². The molecule has 0 saturated carbocycles. The number of ether oxygens (including phenoxy) is 1. The van der Waals surface area contributed by atoms with Gasteiger partial charge >= 0.3 is 0 Å².